The van der Waals surface area contributed by atoms with E-state index in [1.165, 1.54) is 17.8 Å². The number of aromatic nitrogens is 2. The van der Waals surface area contributed by atoms with Crippen molar-refractivity contribution in [2.75, 3.05) is 6.54 Å². The molecular weight excluding hydrogens is 265 g/mol. The van der Waals surface area contributed by atoms with Gasteiger partial charge in [-0.15, -0.1) is 0 Å². The monoisotopic (exact) mass is 281 g/mol. The maximum Gasteiger partial charge on any atom is 0.124 e. The molecule has 1 unspecified atom stereocenters. The zero-order valence-electron chi connectivity index (χ0n) is 11.0. The molecule has 102 valence electrons. The minimum absolute atomic E-state index is 0.0846. The second-order valence-corrected chi connectivity index (χ2v) is 4.94. The molecular formula is C14H17ClFN3. The fraction of sp³-hybridized carbons (Fsp3) is 0.357. The predicted octanol–water partition coefficient (Wildman–Crippen LogP) is 3.11. The highest BCUT2D eigenvalue weighted by Gasteiger charge is 2.10. The Labute approximate surface area is 117 Å². The van der Waals surface area contributed by atoms with Crippen molar-refractivity contribution < 1.29 is 4.39 Å². The van der Waals surface area contributed by atoms with E-state index in [0.29, 0.717) is 5.02 Å². The van der Waals surface area contributed by atoms with Crippen molar-refractivity contribution in [3.8, 4) is 0 Å². The molecule has 3 nitrogen and oxygen atoms in total. The van der Waals surface area contributed by atoms with Crippen LogP contribution < -0.4 is 5.32 Å². The molecule has 0 amide bonds. The van der Waals surface area contributed by atoms with Gasteiger partial charge in [-0.3, -0.25) is 4.68 Å². The standard InChI is InChI=1S/C14H17ClFN3/c1-10(13-4-3-11(16)9-14(13)15)17-7-5-12-6-8-18-19(12)2/h3-4,6,8-10,17H,5,7H2,1-2H3. The Morgan fingerprint density at radius 3 is 2.84 bits per heavy atom. The molecule has 0 aliphatic heterocycles. The largest absolute Gasteiger partial charge is 0.310 e. The van der Waals surface area contributed by atoms with Crippen LogP contribution in [0.25, 0.3) is 0 Å². The summed E-state index contributed by atoms with van der Waals surface area (Å²) in [5, 5.41) is 7.96. The van der Waals surface area contributed by atoms with Crippen LogP contribution in [0.3, 0.4) is 0 Å². The van der Waals surface area contributed by atoms with Crippen LogP contribution in [0.5, 0.6) is 0 Å². The first-order valence-electron chi connectivity index (χ1n) is 6.23. The number of halogens is 2. The number of nitrogens with zero attached hydrogens (tertiary/aromatic N) is 2. The van der Waals surface area contributed by atoms with Crippen LogP contribution in [0.4, 0.5) is 4.39 Å². The molecule has 0 fully saturated rings. The maximum absolute atomic E-state index is 13.0. The molecule has 0 aliphatic carbocycles. The van der Waals surface area contributed by atoms with Crippen LogP contribution in [0.15, 0.2) is 30.5 Å². The van der Waals surface area contributed by atoms with Crippen molar-refractivity contribution in [2.45, 2.75) is 19.4 Å². The molecule has 0 bridgehead atoms. The van der Waals surface area contributed by atoms with E-state index in [-0.39, 0.29) is 11.9 Å². The number of aryl methyl sites for hydroxylation is 1. The van der Waals surface area contributed by atoms with Crippen molar-refractivity contribution >= 4 is 11.6 Å². The van der Waals surface area contributed by atoms with Crippen LogP contribution in [-0.2, 0) is 13.5 Å². The van der Waals surface area contributed by atoms with E-state index >= 15 is 0 Å². The number of hydrogen-bond acceptors (Lipinski definition) is 2. The van der Waals surface area contributed by atoms with Crippen molar-refractivity contribution in [3.63, 3.8) is 0 Å². The summed E-state index contributed by atoms with van der Waals surface area (Å²) >= 11 is 6.03. The summed E-state index contributed by atoms with van der Waals surface area (Å²) in [6.45, 7) is 2.83. The van der Waals surface area contributed by atoms with Gasteiger partial charge in [0.05, 0.1) is 0 Å². The van der Waals surface area contributed by atoms with Crippen LogP contribution in [-0.4, -0.2) is 16.3 Å². The van der Waals surface area contributed by atoms with E-state index in [1.54, 1.807) is 12.3 Å². The first-order valence-corrected chi connectivity index (χ1v) is 6.61. The molecule has 0 saturated heterocycles. The molecule has 0 aliphatic rings. The Morgan fingerprint density at radius 2 is 2.21 bits per heavy atom. The minimum atomic E-state index is -0.309. The van der Waals surface area contributed by atoms with Gasteiger partial charge in [0.2, 0.25) is 0 Å². The molecule has 0 saturated carbocycles. The fourth-order valence-electron chi connectivity index (χ4n) is 2.03. The van der Waals surface area contributed by atoms with E-state index in [1.807, 2.05) is 24.7 Å². The summed E-state index contributed by atoms with van der Waals surface area (Å²) in [6.07, 6.45) is 2.68. The summed E-state index contributed by atoms with van der Waals surface area (Å²) in [6, 6.07) is 6.58. The zero-order valence-corrected chi connectivity index (χ0v) is 11.8. The molecule has 0 spiro atoms. The molecule has 5 heteroatoms. The second-order valence-electron chi connectivity index (χ2n) is 4.54. The van der Waals surface area contributed by atoms with E-state index in [2.05, 4.69) is 10.4 Å². The summed E-state index contributed by atoms with van der Waals surface area (Å²) in [4.78, 5) is 0. The van der Waals surface area contributed by atoms with Crippen LogP contribution >= 0.6 is 11.6 Å². The highest BCUT2D eigenvalue weighted by atomic mass is 35.5. The lowest BCUT2D eigenvalue weighted by molar-refractivity contribution is 0.561. The molecule has 2 aromatic rings. The third kappa shape index (κ3) is 3.55. The highest BCUT2D eigenvalue weighted by molar-refractivity contribution is 6.31. The Balaban J connectivity index is 1.91. The second kappa shape index (κ2) is 6.17. The van der Waals surface area contributed by atoms with Crippen molar-refractivity contribution in [2.24, 2.45) is 7.05 Å². The van der Waals surface area contributed by atoms with E-state index in [4.69, 9.17) is 11.6 Å². The van der Waals surface area contributed by atoms with Crippen LogP contribution in [0.2, 0.25) is 5.02 Å². The quantitative estimate of drug-likeness (QED) is 0.913. The molecule has 1 heterocycles. The summed E-state index contributed by atoms with van der Waals surface area (Å²) < 4.78 is 14.8. The third-order valence-corrected chi connectivity index (χ3v) is 3.51. The average Bonchev–Trinajstić information content (AvgIpc) is 2.75. The maximum atomic E-state index is 13.0. The number of nitrogens with one attached hydrogen (secondary N) is 1. The van der Waals surface area contributed by atoms with Gasteiger partial charge in [0.15, 0.2) is 0 Å². The first-order chi connectivity index (χ1) is 9.08. The Bertz CT molecular complexity index is 553. The van der Waals surface area contributed by atoms with Gasteiger partial charge in [-0.2, -0.15) is 5.10 Å². The Kier molecular flexibility index (Phi) is 4.56. The third-order valence-electron chi connectivity index (χ3n) is 3.18. The van der Waals surface area contributed by atoms with Crippen molar-refractivity contribution in [3.05, 3.63) is 52.6 Å². The van der Waals surface area contributed by atoms with Crippen LogP contribution in [0, 0.1) is 5.82 Å². The molecule has 2 rings (SSSR count). The van der Waals surface area contributed by atoms with Gasteiger partial charge in [-0.05, 0) is 30.7 Å². The van der Waals surface area contributed by atoms with Gasteiger partial charge in [-0.25, -0.2) is 4.39 Å². The number of benzene rings is 1. The SMILES string of the molecule is CC(NCCc1ccnn1C)c1ccc(F)cc1Cl. The smallest absolute Gasteiger partial charge is 0.124 e. The van der Waals surface area contributed by atoms with Gasteiger partial charge in [-0.1, -0.05) is 17.7 Å². The Hall–Kier alpha value is -1.39. The van der Waals surface area contributed by atoms with E-state index in [0.717, 1.165) is 18.5 Å². The number of rotatable bonds is 5. The molecule has 1 N–H and O–H groups in total. The molecule has 1 aromatic carbocycles. The summed E-state index contributed by atoms with van der Waals surface area (Å²) in [5.41, 5.74) is 2.08. The van der Waals surface area contributed by atoms with Gasteiger partial charge in [0.25, 0.3) is 0 Å². The first kappa shape index (κ1) is 14.0. The van der Waals surface area contributed by atoms with Gasteiger partial charge >= 0.3 is 0 Å². The zero-order chi connectivity index (χ0) is 13.8. The lowest BCUT2D eigenvalue weighted by Gasteiger charge is -2.15. The lowest BCUT2D eigenvalue weighted by Crippen LogP contribution is -2.22. The highest BCUT2D eigenvalue weighted by Crippen LogP contribution is 2.23. The van der Waals surface area contributed by atoms with Crippen molar-refractivity contribution in [1.29, 1.82) is 0 Å². The Morgan fingerprint density at radius 1 is 1.42 bits per heavy atom. The predicted molar refractivity (Wildman–Crippen MR) is 74.7 cm³/mol. The normalized spacial score (nSPS) is 12.6. The lowest BCUT2D eigenvalue weighted by atomic mass is 10.1. The summed E-state index contributed by atoms with van der Waals surface area (Å²) in [5.74, 6) is -0.309. The molecule has 1 aromatic heterocycles. The minimum Gasteiger partial charge on any atom is -0.310 e. The van der Waals surface area contributed by atoms with Gasteiger partial charge in [0, 0.05) is 43.0 Å². The average molecular weight is 282 g/mol. The fourth-order valence-corrected chi connectivity index (χ4v) is 2.36. The van der Waals surface area contributed by atoms with E-state index < -0.39 is 0 Å². The topological polar surface area (TPSA) is 29.9 Å². The van der Waals surface area contributed by atoms with Gasteiger partial charge in [0.1, 0.15) is 5.82 Å². The molecule has 0 radical (unpaired) electrons. The van der Waals surface area contributed by atoms with Crippen molar-refractivity contribution in [1.82, 2.24) is 15.1 Å². The molecule has 19 heavy (non-hydrogen) atoms. The summed E-state index contributed by atoms with van der Waals surface area (Å²) in [7, 11) is 1.93. The molecule has 1 atom stereocenters. The van der Waals surface area contributed by atoms with Gasteiger partial charge < -0.3 is 5.32 Å². The number of hydrogen-bond donors (Lipinski definition) is 1. The van der Waals surface area contributed by atoms with E-state index in [9.17, 15) is 4.39 Å². The van der Waals surface area contributed by atoms with Crippen LogP contribution in [0.1, 0.15) is 24.2 Å².